The number of carboxylic acid groups (broad SMARTS) is 1. The second-order valence-corrected chi connectivity index (χ2v) is 4.94. The molecule has 1 aromatic carbocycles. The summed E-state index contributed by atoms with van der Waals surface area (Å²) in [5, 5.41) is 17.6. The summed E-state index contributed by atoms with van der Waals surface area (Å²) in [6.45, 7) is 2.02. The van der Waals surface area contributed by atoms with Crippen LogP contribution in [0.2, 0.25) is 0 Å². The third-order valence-corrected chi connectivity index (χ3v) is 3.05. The van der Waals surface area contributed by atoms with Gasteiger partial charge in [0.2, 0.25) is 0 Å². The van der Waals surface area contributed by atoms with Gasteiger partial charge in [-0.05, 0) is 25.5 Å². The molecule has 0 bridgehead atoms. The Labute approximate surface area is 132 Å². The molecule has 0 aliphatic rings. The minimum absolute atomic E-state index is 0.0150. The molecule has 0 saturated heterocycles. The summed E-state index contributed by atoms with van der Waals surface area (Å²) in [5.41, 5.74) is 0.802. The molecule has 2 aromatic rings. The van der Waals surface area contributed by atoms with Crippen LogP contribution in [0.15, 0.2) is 34.9 Å². The molecule has 23 heavy (non-hydrogen) atoms. The highest BCUT2D eigenvalue weighted by Gasteiger charge is 2.16. The molecule has 1 aromatic heterocycles. The summed E-state index contributed by atoms with van der Waals surface area (Å²) >= 11 is 0. The predicted octanol–water partition coefficient (Wildman–Crippen LogP) is 1.96. The molecule has 3 N–H and O–H groups in total. The van der Waals surface area contributed by atoms with E-state index in [-0.39, 0.29) is 13.0 Å². The molecule has 0 spiro atoms. The highest BCUT2D eigenvalue weighted by molar-refractivity contribution is 5.74. The normalized spacial score (nSPS) is 11.7. The van der Waals surface area contributed by atoms with Crippen molar-refractivity contribution in [1.82, 2.24) is 20.8 Å². The lowest BCUT2D eigenvalue weighted by atomic mass is 10.2. The number of nitrogens with zero attached hydrogens (tertiary/aromatic N) is 2. The number of hydrogen-bond donors (Lipinski definition) is 3. The van der Waals surface area contributed by atoms with Gasteiger partial charge in [-0.25, -0.2) is 4.79 Å². The van der Waals surface area contributed by atoms with Gasteiger partial charge in [0.1, 0.15) is 0 Å². The number of benzene rings is 1. The van der Waals surface area contributed by atoms with E-state index in [1.807, 2.05) is 30.3 Å². The number of amides is 2. The fourth-order valence-electron chi connectivity index (χ4n) is 1.86. The Morgan fingerprint density at radius 3 is 2.74 bits per heavy atom. The van der Waals surface area contributed by atoms with Gasteiger partial charge in [0.05, 0.1) is 6.04 Å². The molecule has 0 aliphatic heterocycles. The Morgan fingerprint density at radius 1 is 1.30 bits per heavy atom. The summed E-state index contributed by atoms with van der Waals surface area (Å²) in [4.78, 5) is 26.3. The minimum Gasteiger partial charge on any atom is -0.481 e. The maximum absolute atomic E-state index is 11.7. The Morgan fingerprint density at radius 2 is 2.04 bits per heavy atom. The Balaban J connectivity index is 1.84. The number of carbonyl (C=O) groups is 2. The molecule has 1 atom stereocenters. The van der Waals surface area contributed by atoms with E-state index in [4.69, 9.17) is 9.63 Å². The van der Waals surface area contributed by atoms with Gasteiger partial charge in [-0.3, -0.25) is 4.79 Å². The topological polar surface area (TPSA) is 117 Å². The number of nitrogens with one attached hydrogen (secondary N) is 2. The maximum Gasteiger partial charge on any atom is 0.315 e. The van der Waals surface area contributed by atoms with E-state index in [1.54, 1.807) is 6.92 Å². The molecular formula is C15H18N4O4. The molecule has 8 nitrogen and oxygen atoms in total. The molecule has 1 heterocycles. The fourth-order valence-corrected chi connectivity index (χ4v) is 1.86. The highest BCUT2D eigenvalue weighted by atomic mass is 16.5. The van der Waals surface area contributed by atoms with E-state index in [0.717, 1.165) is 5.56 Å². The molecule has 1 unspecified atom stereocenters. The fraction of sp³-hybridized carbons (Fsp3) is 0.333. The third-order valence-electron chi connectivity index (χ3n) is 3.05. The van der Waals surface area contributed by atoms with Crippen LogP contribution < -0.4 is 10.6 Å². The molecule has 2 rings (SSSR count). The van der Waals surface area contributed by atoms with Crippen molar-refractivity contribution in [2.45, 2.75) is 25.8 Å². The zero-order valence-electron chi connectivity index (χ0n) is 12.7. The van der Waals surface area contributed by atoms with Crippen LogP contribution in [-0.4, -0.2) is 33.8 Å². The minimum atomic E-state index is -0.888. The van der Waals surface area contributed by atoms with Gasteiger partial charge in [-0.1, -0.05) is 23.4 Å². The first-order valence-corrected chi connectivity index (χ1v) is 7.21. The summed E-state index contributed by atoms with van der Waals surface area (Å²) in [7, 11) is 0. The molecular weight excluding hydrogens is 300 g/mol. The summed E-state index contributed by atoms with van der Waals surface area (Å²) in [5.74, 6) is -0.138. The van der Waals surface area contributed by atoms with Crippen molar-refractivity contribution < 1.29 is 19.2 Å². The number of carbonyl (C=O) groups excluding carboxylic acids is 1. The van der Waals surface area contributed by atoms with Crippen molar-refractivity contribution in [3.05, 3.63) is 36.2 Å². The van der Waals surface area contributed by atoms with Gasteiger partial charge in [0.15, 0.2) is 5.82 Å². The average Bonchev–Trinajstić information content (AvgIpc) is 3.02. The van der Waals surface area contributed by atoms with Crippen molar-refractivity contribution in [3.8, 4) is 11.5 Å². The lowest BCUT2D eigenvalue weighted by molar-refractivity contribution is -0.137. The van der Waals surface area contributed by atoms with E-state index in [0.29, 0.717) is 18.1 Å². The number of hydrogen-bond acceptors (Lipinski definition) is 5. The summed E-state index contributed by atoms with van der Waals surface area (Å²) in [6, 6.07) is 8.48. The summed E-state index contributed by atoms with van der Waals surface area (Å²) < 4.78 is 5.18. The molecule has 0 fully saturated rings. The zero-order chi connectivity index (χ0) is 16.7. The average molecular weight is 318 g/mol. The number of urea groups is 1. The first kappa shape index (κ1) is 16.5. The Kier molecular flexibility index (Phi) is 5.67. The van der Waals surface area contributed by atoms with Crippen LogP contribution in [0.4, 0.5) is 4.79 Å². The van der Waals surface area contributed by atoms with E-state index in [1.165, 1.54) is 0 Å². The largest absolute Gasteiger partial charge is 0.481 e. The molecule has 0 radical (unpaired) electrons. The zero-order valence-corrected chi connectivity index (χ0v) is 12.7. The number of aliphatic carboxylic acids is 1. The second-order valence-electron chi connectivity index (χ2n) is 4.94. The first-order valence-electron chi connectivity index (χ1n) is 7.21. The van der Waals surface area contributed by atoms with Crippen LogP contribution in [0.3, 0.4) is 0 Å². The van der Waals surface area contributed by atoms with Crippen LogP contribution in [0.25, 0.3) is 11.5 Å². The first-order chi connectivity index (χ1) is 11.1. The molecule has 8 heteroatoms. The number of rotatable bonds is 7. The second kappa shape index (κ2) is 7.92. The van der Waals surface area contributed by atoms with E-state index in [2.05, 4.69) is 20.8 Å². The monoisotopic (exact) mass is 318 g/mol. The van der Waals surface area contributed by atoms with Crippen LogP contribution >= 0.6 is 0 Å². The molecule has 0 saturated carbocycles. The van der Waals surface area contributed by atoms with E-state index >= 15 is 0 Å². The van der Waals surface area contributed by atoms with Crippen molar-refractivity contribution >= 4 is 12.0 Å². The van der Waals surface area contributed by atoms with Gasteiger partial charge in [0, 0.05) is 18.5 Å². The quantitative estimate of drug-likeness (QED) is 0.672. The Bertz CT molecular complexity index is 657. The summed E-state index contributed by atoms with van der Waals surface area (Å²) in [6.07, 6.45) is 0.388. The lowest BCUT2D eigenvalue weighted by Crippen LogP contribution is -2.37. The van der Waals surface area contributed by atoms with Gasteiger partial charge in [0.25, 0.3) is 5.89 Å². The predicted molar refractivity (Wildman–Crippen MR) is 81.6 cm³/mol. The van der Waals surface area contributed by atoms with Gasteiger partial charge in [-0.2, -0.15) is 4.98 Å². The van der Waals surface area contributed by atoms with Crippen LogP contribution in [0, 0.1) is 0 Å². The molecule has 2 amide bonds. The molecule has 0 aliphatic carbocycles. The van der Waals surface area contributed by atoms with Gasteiger partial charge >= 0.3 is 12.0 Å². The smallest absolute Gasteiger partial charge is 0.315 e. The van der Waals surface area contributed by atoms with Crippen LogP contribution in [-0.2, 0) is 4.79 Å². The standard InChI is InChI=1S/C15H18N4O4/c1-10(17-15(22)16-9-5-8-12(20)21)13-18-14(23-19-13)11-6-3-2-4-7-11/h2-4,6-7,10H,5,8-9H2,1H3,(H,20,21)(H2,16,17,22). The maximum atomic E-state index is 11.7. The number of carboxylic acids is 1. The van der Waals surface area contributed by atoms with Crippen molar-refractivity contribution in [3.63, 3.8) is 0 Å². The van der Waals surface area contributed by atoms with Crippen molar-refractivity contribution in [2.24, 2.45) is 0 Å². The highest BCUT2D eigenvalue weighted by Crippen LogP contribution is 2.18. The van der Waals surface area contributed by atoms with Gasteiger partial charge < -0.3 is 20.3 Å². The number of aromatic nitrogens is 2. The van der Waals surface area contributed by atoms with Crippen LogP contribution in [0.1, 0.15) is 31.6 Å². The van der Waals surface area contributed by atoms with E-state index < -0.39 is 18.0 Å². The Hall–Kier alpha value is -2.90. The van der Waals surface area contributed by atoms with Crippen molar-refractivity contribution in [1.29, 1.82) is 0 Å². The third kappa shape index (κ3) is 5.10. The van der Waals surface area contributed by atoms with E-state index in [9.17, 15) is 9.59 Å². The lowest BCUT2D eigenvalue weighted by Gasteiger charge is -2.10. The van der Waals surface area contributed by atoms with Crippen LogP contribution in [0.5, 0.6) is 0 Å². The van der Waals surface area contributed by atoms with Crippen molar-refractivity contribution in [2.75, 3.05) is 6.54 Å². The molecule has 122 valence electrons. The SMILES string of the molecule is CC(NC(=O)NCCCC(=O)O)c1noc(-c2ccccc2)n1. The van der Waals surface area contributed by atoms with Gasteiger partial charge in [-0.15, -0.1) is 0 Å².